The first-order valence-electron chi connectivity index (χ1n) is 16.4. The SMILES string of the molecule is Brc1cnn2c(NCc3cccnc3)cc(C3CCCNC3)nc12.Nc1ncc(CNc2cc(C3CCCNC3)nc3c(Br)cnn23)cn1. The Kier molecular flexibility index (Phi) is 10.5. The number of pyridine rings is 1. The topological polar surface area (TPSA) is 173 Å². The first-order valence-corrected chi connectivity index (χ1v) is 18.0. The van der Waals surface area contributed by atoms with Gasteiger partial charge < -0.3 is 27.0 Å². The van der Waals surface area contributed by atoms with Gasteiger partial charge >= 0.3 is 0 Å². The van der Waals surface area contributed by atoms with E-state index in [2.05, 4.69) is 96.5 Å². The second-order valence-electron chi connectivity index (χ2n) is 12.2. The summed E-state index contributed by atoms with van der Waals surface area (Å²) in [7, 11) is 0. The molecule has 0 aromatic carbocycles. The highest BCUT2D eigenvalue weighted by Crippen LogP contribution is 2.29. The van der Waals surface area contributed by atoms with Crippen LogP contribution in [0.5, 0.6) is 0 Å². The van der Waals surface area contributed by atoms with Crippen molar-refractivity contribution >= 4 is 60.7 Å². The lowest BCUT2D eigenvalue weighted by Gasteiger charge is -2.23. The van der Waals surface area contributed by atoms with E-state index in [1.165, 1.54) is 19.3 Å². The molecular formula is C33H38Br2N14. The Labute approximate surface area is 300 Å². The third kappa shape index (κ3) is 7.98. The fraction of sp³-hybridized carbons (Fsp3) is 0.364. The molecule has 2 unspecified atom stereocenters. The van der Waals surface area contributed by atoms with Gasteiger partial charge in [0.1, 0.15) is 11.6 Å². The van der Waals surface area contributed by atoms with Crippen LogP contribution in [-0.4, -0.2) is 70.3 Å². The molecule has 6 N–H and O–H groups in total. The molecular weight excluding hydrogens is 752 g/mol. The smallest absolute Gasteiger partial charge is 0.219 e. The predicted octanol–water partition coefficient (Wildman–Crippen LogP) is 4.91. The largest absolute Gasteiger partial charge is 0.368 e. The van der Waals surface area contributed by atoms with E-state index in [0.717, 1.165) is 87.0 Å². The Morgan fingerprint density at radius 2 is 1.31 bits per heavy atom. The third-order valence-electron chi connectivity index (χ3n) is 8.72. The summed E-state index contributed by atoms with van der Waals surface area (Å²) < 4.78 is 5.46. The number of fused-ring (bicyclic) bond motifs is 2. The van der Waals surface area contributed by atoms with Gasteiger partial charge in [-0.2, -0.15) is 19.2 Å². The standard InChI is InChI=1S/C17H19BrN6.C16H19BrN8/c18-14-11-22-24-16(21-9-12-3-1-5-19-8-12)7-15(23-17(14)24)13-4-2-6-20-10-13;17-12-9-23-25-14(20-5-10-6-21-16(18)22-7-10)4-13(24-15(12)25)11-2-1-3-19-8-11/h1,3,5,7-8,11,13,20-21H,2,4,6,9-10H2;4,6-7,9,11,19-20H,1-3,5,8H2,(H2,18,21,22). The van der Waals surface area contributed by atoms with Crippen molar-refractivity contribution in [2.45, 2.75) is 50.6 Å². The van der Waals surface area contributed by atoms with E-state index in [-0.39, 0.29) is 5.95 Å². The number of rotatable bonds is 8. The zero-order valence-corrected chi connectivity index (χ0v) is 30.0. The number of nitrogens with one attached hydrogen (secondary N) is 4. The Morgan fingerprint density at radius 1 is 0.755 bits per heavy atom. The van der Waals surface area contributed by atoms with Gasteiger partial charge in [0.2, 0.25) is 5.95 Å². The number of nitrogens with zero attached hydrogens (tertiary/aromatic N) is 9. The van der Waals surface area contributed by atoms with E-state index in [9.17, 15) is 0 Å². The first kappa shape index (κ1) is 33.3. The van der Waals surface area contributed by atoms with E-state index in [1.807, 2.05) is 21.3 Å². The highest BCUT2D eigenvalue weighted by molar-refractivity contribution is 9.11. The van der Waals surface area contributed by atoms with Gasteiger partial charge in [-0.1, -0.05) is 6.07 Å². The molecule has 8 rings (SSSR count). The van der Waals surface area contributed by atoms with Crippen LogP contribution in [0, 0.1) is 0 Å². The van der Waals surface area contributed by atoms with Crippen LogP contribution in [0.4, 0.5) is 17.6 Å². The molecule has 0 spiro atoms. The van der Waals surface area contributed by atoms with Gasteiger partial charge in [-0.05, 0) is 82.3 Å². The molecule has 0 radical (unpaired) electrons. The number of piperidine rings is 2. The summed E-state index contributed by atoms with van der Waals surface area (Å²) in [5.74, 6) is 2.99. The maximum Gasteiger partial charge on any atom is 0.219 e. The third-order valence-corrected chi connectivity index (χ3v) is 9.84. The van der Waals surface area contributed by atoms with E-state index in [1.54, 1.807) is 31.0 Å². The summed E-state index contributed by atoms with van der Waals surface area (Å²) in [4.78, 5) is 21.9. The first-order chi connectivity index (χ1) is 24.0. The molecule has 0 bridgehead atoms. The molecule has 0 aliphatic carbocycles. The number of aromatic nitrogens is 9. The molecule has 8 heterocycles. The average Bonchev–Trinajstić information content (AvgIpc) is 3.73. The molecule has 2 aliphatic heterocycles. The molecule has 254 valence electrons. The van der Waals surface area contributed by atoms with Crippen molar-refractivity contribution in [3.63, 3.8) is 0 Å². The number of anilines is 3. The highest BCUT2D eigenvalue weighted by Gasteiger charge is 2.21. The van der Waals surface area contributed by atoms with Crippen LogP contribution in [0.3, 0.4) is 0 Å². The molecule has 2 atom stereocenters. The Hall–Kier alpha value is -4.25. The van der Waals surface area contributed by atoms with E-state index in [4.69, 9.17) is 15.7 Å². The van der Waals surface area contributed by atoms with Crippen LogP contribution >= 0.6 is 31.9 Å². The molecule has 0 amide bonds. The van der Waals surface area contributed by atoms with Gasteiger partial charge in [-0.3, -0.25) is 4.98 Å². The van der Waals surface area contributed by atoms with E-state index < -0.39 is 0 Å². The van der Waals surface area contributed by atoms with Gasteiger partial charge in [-0.15, -0.1) is 0 Å². The minimum absolute atomic E-state index is 0.276. The van der Waals surface area contributed by atoms with Gasteiger partial charge in [0.05, 0.1) is 32.7 Å². The van der Waals surface area contributed by atoms with Crippen molar-refractivity contribution in [2.75, 3.05) is 42.5 Å². The van der Waals surface area contributed by atoms with Gasteiger partial charge in [0.15, 0.2) is 11.3 Å². The van der Waals surface area contributed by atoms with Crippen molar-refractivity contribution < 1.29 is 0 Å². The minimum Gasteiger partial charge on any atom is -0.368 e. The summed E-state index contributed by atoms with van der Waals surface area (Å²) in [5.41, 5.74) is 11.5. The van der Waals surface area contributed by atoms with Crippen LogP contribution in [0.15, 0.2) is 70.4 Å². The van der Waals surface area contributed by atoms with Crippen molar-refractivity contribution in [2.24, 2.45) is 0 Å². The molecule has 14 nitrogen and oxygen atoms in total. The molecule has 49 heavy (non-hydrogen) atoms. The number of hydrogen-bond acceptors (Lipinski definition) is 12. The molecule has 6 aromatic rings. The number of nitrogens with two attached hydrogens (primary N) is 1. The van der Waals surface area contributed by atoms with Gasteiger partial charge in [-0.25, -0.2) is 19.9 Å². The van der Waals surface area contributed by atoms with Crippen LogP contribution in [0.1, 0.15) is 60.0 Å². The number of hydrogen-bond donors (Lipinski definition) is 5. The van der Waals surface area contributed by atoms with Crippen molar-refractivity contribution in [3.05, 3.63) is 92.9 Å². The lowest BCUT2D eigenvalue weighted by atomic mass is 9.96. The fourth-order valence-electron chi connectivity index (χ4n) is 6.13. The quantitative estimate of drug-likeness (QED) is 0.141. The minimum atomic E-state index is 0.276. The second-order valence-corrected chi connectivity index (χ2v) is 13.9. The zero-order chi connectivity index (χ0) is 33.6. The summed E-state index contributed by atoms with van der Waals surface area (Å²) >= 11 is 7.10. The molecule has 2 saturated heterocycles. The average molecular weight is 791 g/mol. The number of nitrogen functional groups attached to an aromatic ring is 1. The lowest BCUT2D eigenvalue weighted by Crippen LogP contribution is -2.29. The molecule has 2 aliphatic rings. The van der Waals surface area contributed by atoms with Crippen LogP contribution in [0.25, 0.3) is 11.3 Å². The van der Waals surface area contributed by atoms with Crippen LogP contribution in [0.2, 0.25) is 0 Å². The monoisotopic (exact) mass is 788 g/mol. The normalized spacial score (nSPS) is 17.8. The Bertz CT molecular complexity index is 1980. The van der Waals surface area contributed by atoms with Crippen molar-refractivity contribution in [1.82, 2.24) is 54.8 Å². The molecule has 6 aromatic heterocycles. The fourth-order valence-corrected chi connectivity index (χ4v) is 6.83. The summed E-state index contributed by atoms with van der Waals surface area (Å²) in [6.45, 7) is 5.40. The molecule has 0 saturated carbocycles. The van der Waals surface area contributed by atoms with Crippen molar-refractivity contribution in [1.29, 1.82) is 0 Å². The van der Waals surface area contributed by atoms with Gasteiger partial charge in [0.25, 0.3) is 0 Å². The molecule has 16 heteroatoms. The maximum atomic E-state index is 5.54. The number of halogens is 2. The zero-order valence-electron chi connectivity index (χ0n) is 26.9. The van der Waals surface area contributed by atoms with E-state index in [0.29, 0.717) is 24.9 Å². The maximum absolute atomic E-state index is 5.54. The van der Waals surface area contributed by atoms with Crippen LogP contribution < -0.4 is 27.0 Å². The summed E-state index contributed by atoms with van der Waals surface area (Å²) in [6, 6.07) is 8.22. The summed E-state index contributed by atoms with van der Waals surface area (Å²) in [6.07, 6.45) is 15.3. The van der Waals surface area contributed by atoms with Gasteiger partial charge in [0, 0.05) is 80.5 Å². The van der Waals surface area contributed by atoms with Crippen LogP contribution in [-0.2, 0) is 13.1 Å². The van der Waals surface area contributed by atoms with E-state index >= 15 is 0 Å². The summed E-state index contributed by atoms with van der Waals surface area (Å²) in [5, 5.41) is 22.6. The molecule has 2 fully saturated rings. The lowest BCUT2D eigenvalue weighted by molar-refractivity contribution is 0.455. The second kappa shape index (κ2) is 15.5. The highest BCUT2D eigenvalue weighted by atomic mass is 79.9. The Morgan fingerprint density at radius 3 is 1.80 bits per heavy atom. The Balaban J connectivity index is 0.000000154. The predicted molar refractivity (Wildman–Crippen MR) is 196 cm³/mol. The van der Waals surface area contributed by atoms with Crippen molar-refractivity contribution in [3.8, 4) is 0 Å².